The highest BCUT2D eigenvalue weighted by Crippen LogP contribution is 2.22. The molecule has 1 aromatic carbocycles. The largest absolute Gasteiger partial charge is 0.380 e. The number of thiazole rings is 1. The van der Waals surface area contributed by atoms with Crippen LogP contribution in [0.5, 0.6) is 0 Å². The monoisotopic (exact) mass is 246 g/mol. The second-order valence-electron chi connectivity index (χ2n) is 4.16. The molecule has 3 heteroatoms. The number of aromatic nitrogens is 1. The van der Waals surface area contributed by atoms with Gasteiger partial charge >= 0.3 is 0 Å². The Balaban J connectivity index is 2.13. The molecule has 2 rings (SSSR count). The lowest BCUT2D eigenvalue weighted by Gasteiger charge is -2.13. The van der Waals surface area contributed by atoms with Crippen LogP contribution in [0.3, 0.4) is 0 Å². The lowest BCUT2D eigenvalue weighted by atomic mass is 10.1. The first-order valence-electron chi connectivity index (χ1n) is 5.94. The minimum Gasteiger partial charge on any atom is -0.380 e. The molecule has 17 heavy (non-hydrogen) atoms. The Morgan fingerprint density at radius 1 is 1.29 bits per heavy atom. The second kappa shape index (κ2) is 5.32. The van der Waals surface area contributed by atoms with Crippen molar-refractivity contribution in [1.29, 1.82) is 0 Å². The first-order chi connectivity index (χ1) is 8.20. The molecule has 0 amide bonds. The van der Waals surface area contributed by atoms with Crippen LogP contribution in [0.4, 0.5) is 5.69 Å². The summed E-state index contributed by atoms with van der Waals surface area (Å²) in [5.41, 5.74) is 3.97. The Morgan fingerprint density at radius 3 is 2.76 bits per heavy atom. The molecule has 1 aromatic heterocycles. The van der Waals surface area contributed by atoms with Gasteiger partial charge in [-0.15, -0.1) is 11.3 Å². The van der Waals surface area contributed by atoms with Gasteiger partial charge in [-0.3, -0.25) is 0 Å². The normalized spacial score (nSPS) is 10.5. The van der Waals surface area contributed by atoms with Crippen molar-refractivity contribution in [2.75, 3.05) is 5.32 Å². The summed E-state index contributed by atoms with van der Waals surface area (Å²) in [5, 5.41) is 4.66. The standard InChI is InChI=1S/C14H18N2S/c1-4-12-7-5-6-10(2)14(12)16-9-13-8-15-11(3)17-13/h5-8,16H,4,9H2,1-3H3. The van der Waals surface area contributed by atoms with Crippen LogP contribution in [0.25, 0.3) is 0 Å². The van der Waals surface area contributed by atoms with E-state index < -0.39 is 0 Å². The summed E-state index contributed by atoms with van der Waals surface area (Å²) in [4.78, 5) is 5.56. The Labute approximate surface area is 107 Å². The van der Waals surface area contributed by atoms with E-state index in [4.69, 9.17) is 0 Å². The molecule has 2 aromatic rings. The average molecular weight is 246 g/mol. The van der Waals surface area contributed by atoms with Crippen LogP contribution in [0.15, 0.2) is 24.4 Å². The molecular formula is C14H18N2S. The summed E-state index contributed by atoms with van der Waals surface area (Å²) >= 11 is 1.75. The van der Waals surface area contributed by atoms with Crippen LogP contribution in [0.2, 0.25) is 0 Å². The molecule has 1 heterocycles. The van der Waals surface area contributed by atoms with Crippen molar-refractivity contribution in [3.05, 3.63) is 45.4 Å². The topological polar surface area (TPSA) is 24.9 Å². The molecule has 0 fully saturated rings. The minimum atomic E-state index is 0.864. The van der Waals surface area contributed by atoms with Crippen LogP contribution in [0.1, 0.15) is 27.9 Å². The van der Waals surface area contributed by atoms with Crippen molar-refractivity contribution in [3.8, 4) is 0 Å². The SMILES string of the molecule is CCc1cccc(C)c1NCc1cnc(C)s1. The zero-order valence-electron chi connectivity index (χ0n) is 10.6. The van der Waals surface area contributed by atoms with Gasteiger partial charge in [0.15, 0.2) is 0 Å². The van der Waals surface area contributed by atoms with Crippen LogP contribution < -0.4 is 5.32 Å². The van der Waals surface area contributed by atoms with E-state index in [0.29, 0.717) is 0 Å². The predicted octanol–water partition coefficient (Wildman–Crippen LogP) is 3.93. The molecule has 0 unspecified atom stereocenters. The Bertz CT molecular complexity index is 503. The second-order valence-corrected chi connectivity index (χ2v) is 5.48. The van der Waals surface area contributed by atoms with Crippen molar-refractivity contribution in [1.82, 2.24) is 4.98 Å². The van der Waals surface area contributed by atoms with E-state index in [1.807, 2.05) is 13.1 Å². The van der Waals surface area contributed by atoms with Gasteiger partial charge in [0.1, 0.15) is 0 Å². The molecule has 1 N–H and O–H groups in total. The van der Waals surface area contributed by atoms with Crippen molar-refractivity contribution < 1.29 is 0 Å². The van der Waals surface area contributed by atoms with Crippen LogP contribution >= 0.6 is 11.3 Å². The fourth-order valence-corrected chi connectivity index (χ4v) is 2.67. The number of benzene rings is 1. The Morgan fingerprint density at radius 2 is 2.12 bits per heavy atom. The maximum Gasteiger partial charge on any atom is 0.0897 e. The van der Waals surface area contributed by atoms with Gasteiger partial charge < -0.3 is 5.32 Å². The van der Waals surface area contributed by atoms with Crippen molar-refractivity contribution >= 4 is 17.0 Å². The molecular weight excluding hydrogens is 228 g/mol. The molecule has 0 bridgehead atoms. The molecule has 90 valence electrons. The Hall–Kier alpha value is -1.35. The molecule has 0 saturated carbocycles. The van der Waals surface area contributed by atoms with Gasteiger partial charge in [0.25, 0.3) is 0 Å². The van der Waals surface area contributed by atoms with E-state index >= 15 is 0 Å². The molecule has 0 saturated heterocycles. The third-order valence-electron chi connectivity index (χ3n) is 2.85. The van der Waals surface area contributed by atoms with E-state index in [-0.39, 0.29) is 0 Å². The zero-order chi connectivity index (χ0) is 12.3. The summed E-state index contributed by atoms with van der Waals surface area (Å²) in [5.74, 6) is 0. The third kappa shape index (κ3) is 2.86. The number of nitrogens with one attached hydrogen (secondary N) is 1. The molecule has 2 nitrogen and oxygen atoms in total. The summed E-state index contributed by atoms with van der Waals surface area (Å²) in [6.45, 7) is 7.25. The molecule has 0 radical (unpaired) electrons. The summed E-state index contributed by atoms with van der Waals surface area (Å²) in [7, 11) is 0. The van der Waals surface area contributed by atoms with E-state index in [0.717, 1.165) is 18.0 Å². The van der Waals surface area contributed by atoms with E-state index in [9.17, 15) is 0 Å². The van der Waals surface area contributed by atoms with Crippen LogP contribution in [-0.4, -0.2) is 4.98 Å². The van der Waals surface area contributed by atoms with Gasteiger partial charge in [0.05, 0.1) is 11.6 Å². The molecule has 0 aliphatic heterocycles. The third-order valence-corrected chi connectivity index (χ3v) is 3.76. The van der Waals surface area contributed by atoms with Gasteiger partial charge in [-0.2, -0.15) is 0 Å². The summed E-state index contributed by atoms with van der Waals surface area (Å²) in [6, 6.07) is 6.46. The molecule has 0 spiro atoms. The summed E-state index contributed by atoms with van der Waals surface area (Å²) in [6.07, 6.45) is 3.02. The van der Waals surface area contributed by atoms with Crippen molar-refractivity contribution in [2.24, 2.45) is 0 Å². The quantitative estimate of drug-likeness (QED) is 0.884. The average Bonchev–Trinajstić information content (AvgIpc) is 2.73. The van der Waals surface area contributed by atoms with Gasteiger partial charge in [-0.1, -0.05) is 25.1 Å². The first kappa shape index (κ1) is 12.1. The minimum absolute atomic E-state index is 0.864. The maximum atomic E-state index is 4.27. The van der Waals surface area contributed by atoms with Gasteiger partial charge in [0, 0.05) is 16.8 Å². The number of para-hydroxylation sites is 1. The lowest BCUT2D eigenvalue weighted by Crippen LogP contribution is -2.02. The highest BCUT2D eigenvalue weighted by Gasteiger charge is 2.04. The fraction of sp³-hybridized carbons (Fsp3) is 0.357. The highest BCUT2D eigenvalue weighted by molar-refractivity contribution is 7.11. The number of hydrogen-bond acceptors (Lipinski definition) is 3. The number of rotatable bonds is 4. The first-order valence-corrected chi connectivity index (χ1v) is 6.76. The van der Waals surface area contributed by atoms with Crippen LogP contribution in [0, 0.1) is 13.8 Å². The number of anilines is 1. The molecule has 0 atom stereocenters. The van der Waals surface area contributed by atoms with Crippen molar-refractivity contribution in [3.63, 3.8) is 0 Å². The van der Waals surface area contributed by atoms with Gasteiger partial charge in [-0.25, -0.2) is 4.98 Å². The smallest absolute Gasteiger partial charge is 0.0897 e. The van der Waals surface area contributed by atoms with E-state index in [1.54, 1.807) is 11.3 Å². The fourth-order valence-electron chi connectivity index (χ4n) is 1.94. The number of aryl methyl sites for hydroxylation is 3. The zero-order valence-corrected chi connectivity index (χ0v) is 11.4. The van der Waals surface area contributed by atoms with Gasteiger partial charge in [-0.05, 0) is 31.4 Å². The van der Waals surface area contributed by atoms with E-state index in [1.165, 1.54) is 21.7 Å². The van der Waals surface area contributed by atoms with Crippen LogP contribution in [-0.2, 0) is 13.0 Å². The van der Waals surface area contributed by atoms with E-state index in [2.05, 4.69) is 42.3 Å². The van der Waals surface area contributed by atoms with Gasteiger partial charge in [0.2, 0.25) is 0 Å². The number of nitrogens with zero attached hydrogens (tertiary/aromatic N) is 1. The molecule has 0 aliphatic rings. The summed E-state index contributed by atoms with van der Waals surface area (Å²) < 4.78 is 0. The van der Waals surface area contributed by atoms with Crippen molar-refractivity contribution in [2.45, 2.75) is 33.7 Å². The predicted molar refractivity (Wildman–Crippen MR) is 74.7 cm³/mol. The lowest BCUT2D eigenvalue weighted by molar-refractivity contribution is 1.09. The maximum absolute atomic E-state index is 4.27. The highest BCUT2D eigenvalue weighted by atomic mass is 32.1. The Kier molecular flexibility index (Phi) is 3.79. The number of hydrogen-bond donors (Lipinski definition) is 1. The molecule has 0 aliphatic carbocycles.